The summed E-state index contributed by atoms with van der Waals surface area (Å²) in [5.74, 6) is -0.0174. The van der Waals surface area contributed by atoms with Gasteiger partial charge in [-0.1, -0.05) is 0 Å². The van der Waals surface area contributed by atoms with E-state index in [4.69, 9.17) is 4.52 Å². The molecule has 0 saturated heterocycles. The van der Waals surface area contributed by atoms with Crippen LogP contribution in [0.1, 0.15) is 0 Å². The van der Waals surface area contributed by atoms with E-state index in [0.29, 0.717) is 19.9 Å². The van der Waals surface area contributed by atoms with E-state index >= 15 is 0 Å². The van der Waals surface area contributed by atoms with Crippen molar-refractivity contribution in [1.29, 1.82) is 0 Å². The molecule has 2 unspecified atom stereocenters. The molecule has 0 radical (unpaired) electrons. The van der Waals surface area contributed by atoms with Crippen LogP contribution in [0.5, 0.6) is 5.75 Å². The number of nitrogens with zero attached hydrogens (tertiary/aromatic N) is 2. The predicted octanol–water partition coefficient (Wildman–Crippen LogP) is 2.73. The Hall–Kier alpha value is -1.80. The molecule has 2 N–H and O–H groups in total. The van der Waals surface area contributed by atoms with Crippen molar-refractivity contribution in [3.8, 4) is 5.75 Å². The van der Waals surface area contributed by atoms with E-state index in [9.17, 15) is 9.59 Å². The molecule has 10 heteroatoms. The Morgan fingerprint density at radius 3 is 2.50 bits per heavy atom. The zero-order valence-corrected chi connectivity index (χ0v) is 12.8. The summed E-state index contributed by atoms with van der Waals surface area (Å²) in [5, 5.41) is 0. The second-order valence-electron chi connectivity index (χ2n) is 3.74. The smallest absolute Gasteiger partial charge is 0.263 e. The van der Waals surface area contributed by atoms with Crippen LogP contribution in [-0.2, 0) is 9.59 Å². The lowest BCUT2D eigenvalue weighted by Gasteiger charge is -2.14. The standard InChI is InChI=1S/C10H9N4O3P3/c15-9-5-6-10(16)14(9)7-1-3-8(4-2-7)17-20-12-18-11-19-13-20/h1-6,12,18H,(H,11,13). The van der Waals surface area contributed by atoms with E-state index in [1.165, 1.54) is 12.2 Å². The Morgan fingerprint density at radius 2 is 1.90 bits per heavy atom. The Kier molecular flexibility index (Phi) is 3.75. The summed E-state index contributed by atoms with van der Waals surface area (Å²) in [4.78, 5) is 24.2. The number of aromatic nitrogens is 3. The number of rotatable bonds is 3. The highest BCUT2D eigenvalue weighted by molar-refractivity contribution is 7.50. The maximum Gasteiger partial charge on any atom is 0.263 e. The average Bonchev–Trinajstić information content (AvgIpc) is 2.81. The molecule has 2 atom stereocenters. The van der Waals surface area contributed by atoms with Gasteiger partial charge in [0, 0.05) is 20.7 Å². The van der Waals surface area contributed by atoms with Crippen molar-refractivity contribution in [2.75, 3.05) is 4.90 Å². The Balaban J connectivity index is 1.78. The number of imide groups is 1. The quantitative estimate of drug-likeness (QED) is 0.849. The topological polar surface area (TPSA) is 91.1 Å². The molecule has 0 spiro atoms. The number of H-pyrrole nitrogens is 2. The lowest BCUT2D eigenvalue weighted by Crippen LogP contribution is -2.29. The number of hydrogen-bond acceptors (Lipinski definition) is 4. The molecular weight excluding hydrogens is 317 g/mol. The molecule has 3 rings (SSSR count). The zero-order chi connectivity index (χ0) is 13.9. The van der Waals surface area contributed by atoms with E-state index in [-0.39, 0.29) is 11.8 Å². The van der Waals surface area contributed by atoms with Gasteiger partial charge in [0.05, 0.1) is 5.69 Å². The number of carbonyl (C=O) groups is 2. The maximum absolute atomic E-state index is 11.5. The SMILES string of the molecule is O=C1C=CC(=O)N1c1ccc(Op2np[nH][pH][nH]2)cc1. The van der Waals surface area contributed by atoms with Crippen LogP contribution in [0.3, 0.4) is 0 Å². The molecule has 2 aromatic rings. The van der Waals surface area contributed by atoms with Crippen LogP contribution in [0.4, 0.5) is 5.69 Å². The van der Waals surface area contributed by atoms with E-state index < -0.39 is 8.08 Å². The molecule has 1 aliphatic rings. The normalized spacial score (nSPS) is 15.6. The molecular formula is C10H9N4O3P3. The first-order chi connectivity index (χ1) is 9.74. The number of carbonyl (C=O) groups excluding carboxylic acids is 2. The minimum absolute atomic E-state index is 0.330. The third-order valence-electron chi connectivity index (χ3n) is 2.48. The van der Waals surface area contributed by atoms with Crippen molar-refractivity contribution in [3.63, 3.8) is 0 Å². The van der Waals surface area contributed by atoms with Crippen molar-refractivity contribution in [2.45, 2.75) is 0 Å². The van der Waals surface area contributed by atoms with Gasteiger partial charge >= 0.3 is 0 Å². The average molecular weight is 326 g/mol. The molecule has 1 aliphatic heterocycles. The molecule has 1 aromatic heterocycles. The molecule has 0 bridgehead atoms. The molecule has 2 amide bonds. The summed E-state index contributed by atoms with van der Waals surface area (Å²) in [7, 11) is 0.198. The molecule has 102 valence electrons. The fourth-order valence-electron chi connectivity index (χ4n) is 1.63. The third kappa shape index (κ3) is 2.70. The van der Waals surface area contributed by atoms with Gasteiger partial charge in [-0.05, 0) is 24.3 Å². The van der Waals surface area contributed by atoms with Crippen molar-refractivity contribution in [2.24, 2.45) is 0 Å². The first kappa shape index (κ1) is 13.2. The van der Waals surface area contributed by atoms with Gasteiger partial charge in [0.15, 0.2) is 0 Å². The Bertz CT molecular complexity index is 675. The van der Waals surface area contributed by atoms with Gasteiger partial charge < -0.3 is 9.03 Å². The summed E-state index contributed by atoms with van der Waals surface area (Å²) in [6.07, 6.45) is 2.52. The van der Waals surface area contributed by atoms with Crippen LogP contribution in [0.15, 0.2) is 36.4 Å². The fourth-order valence-corrected chi connectivity index (χ4v) is 5.01. The summed E-state index contributed by atoms with van der Waals surface area (Å²) in [6.45, 7) is 0. The van der Waals surface area contributed by atoms with Crippen LogP contribution in [-0.4, -0.2) is 25.3 Å². The highest BCUT2D eigenvalue weighted by atomic mass is 31.2. The number of nitrogens with one attached hydrogen (secondary N) is 2. The Labute approximate surface area is 118 Å². The summed E-state index contributed by atoms with van der Waals surface area (Å²) in [5.41, 5.74) is 0.528. The summed E-state index contributed by atoms with van der Waals surface area (Å²) < 4.78 is 16.0. The predicted molar refractivity (Wildman–Crippen MR) is 79.4 cm³/mol. The van der Waals surface area contributed by atoms with Crippen molar-refractivity contribution in [3.05, 3.63) is 36.4 Å². The van der Waals surface area contributed by atoms with E-state index in [1.807, 2.05) is 0 Å². The van der Waals surface area contributed by atoms with Gasteiger partial charge in [-0.25, -0.2) is 4.90 Å². The molecule has 2 heterocycles. The van der Waals surface area contributed by atoms with Gasteiger partial charge in [0.2, 0.25) is 0 Å². The Morgan fingerprint density at radius 1 is 1.20 bits per heavy atom. The van der Waals surface area contributed by atoms with Crippen LogP contribution in [0, 0.1) is 0 Å². The van der Waals surface area contributed by atoms with Crippen LogP contribution in [0.2, 0.25) is 0 Å². The maximum atomic E-state index is 11.5. The third-order valence-corrected chi connectivity index (χ3v) is 5.93. The van der Waals surface area contributed by atoms with Crippen LogP contribution >= 0.6 is 25.1 Å². The minimum Gasteiger partial charge on any atom is -0.416 e. The van der Waals surface area contributed by atoms with Crippen LogP contribution < -0.4 is 9.42 Å². The molecule has 20 heavy (non-hydrogen) atoms. The zero-order valence-electron chi connectivity index (χ0n) is 9.98. The van der Waals surface area contributed by atoms with Gasteiger partial charge in [-0.15, -0.1) is 4.51 Å². The lowest BCUT2D eigenvalue weighted by molar-refractivity contribution is -0.119. The summed E-state index contributed by atoms with van der Waals surface area (Å²) >= 11 is 0. The molecule has 1 aromatic carbocycles. The van der Waals surface area contributed by atoms with E-state index in [0.717, 1.165) is 13.4 Å². The highest BCUT2D eigenvalue weighted by Crippen LogP contribution is 2.29. The van der Waals surface area contributed by atoms with Gasteiger partial charge in [0.1, 0.15) is 14.3 Å². The first-order valence-electron chi connectivity index (χ1n) is 5.55. The summed E-state index contributed by atoms with van der Waals surface area (Å²) in [6, 6.07) is 6.79. The largest absolute Gasteiger partial charge is 0.416 e. The fraction of sp³-hybridized carbons (Fsp3) is 0. The number of aromatic amines is 2. The molecule has 0 fully saturated rings. The van der Waals surface area contributed by atoms with Crippen molar-refractivity contribution < 1.29 is 14.1 Å². The van der Waals surface area contributed by atoms with E-state index in [1.54, 1.807) is 24.3 Å². The second-order valence-corrected chi connectivity index (χ2v) is 7.42. The minimum atomic E-state index is -1.03. The lowest BCUT2D eigenvalue weighted by atomic mass is 10.3. The molecule has 0 saturated carbocycles. The van der Waals surface area contributed by atoms with Gasteiger partial charge in [-0.3, -0.25) is 14.1 Å². The molecule has 0 aliphatic carbocycles. The van der Waals surface area contributed by atoms with E-state index in [2.05, 4.69) is 13.5 Å². The number of anilines is 1. The monoisotopic (exact) mass is 326 g/mol. The van der Waals surface area contributed by atoms with Gasteiger partial charge in [0.25, 0.3) is 19.9 Å². The van der Waals surface area contributed by atoms with Crippen molar-refractivity contribution in [1.82, 2.24) is 13.5 Å². The van der Waals surface area contributed by atoms with Gasteiger partial charge in [-0.2, -0.15) is 0 Å². The molecule has 7 nitrogen and oxygen atoms in total. The highest BCUT2D eigenvalue weighted by Gasteiger charge is 2.24. The van der Waals surface area contributed by atoms with Crippen LogP contribution in [0.25, 0.3) is 0 Å². The number of hydrogen-bond donors (Lipinski definition) is 2. The number of amides is 2. The second kappa shape index (κ2) is 5.68. The number of benzene rings is 1. The first-order valence-corrected chi connectivity index (χ1v) is 8.60. The van der Waals surface area contributed by atoms with Crippen molar-refractivity contribution >= 4 is 42.6 Å².